The number of rotatable bonds is 8. The third-order valence-corrected chi connectivity index (χ3v) is 7.75. The predicted octanol–water partition coefficient (Wildman–Crippen LogP) is 2.92. The van der Waals surface area contributed by atoms with Crippen LogP contribution in [0.5, 0.6) is 0 Å². The number of fused-ring (bicyclic) bond motifs is 2. The zero-order chi connectivity index (χ0) is 25.3. The van der Waals surface area contributed by atoms with Gasteiger partial charge in [0, 0.05) is 4.88 Å². The Bertz CT molecular complexity index is 1180. The van der Waals surface area contributed by atoms with Crippen molar-refractivity contribution in [3.8, 4) is 0 Å². The molecule has 184 valence electrons. The summed E-state index contributed by atoms with van der Waals surface area (Å²) in [4.78, 5) is 65.5. The van der Waals surface area contributed by atoms with Gasteiger partial charge in [-0.3, -0.25) is 24.1 Å². The highest BCUT2D eigenvalue weighted by molar-refractivity contribution is 7.17. The number of primary amides is 1. The molecule has 4 amide bonds. The maximum Gasteiger partial charge on any atom is 0.330 e. The number of imide groups is 1. The van der Waals surface area contributed by atoms with Gasteiger partial charge in [-0.15, -0.1) is 11.3 Å². The highest BCUT2D eigenvalue weighted by Crippen LogP contribution is 2.38. The SMILES string of the molecule is CCC(C)C(C(=O)OCC(=O)Nc1sc2c(c1C(N)=O)CCCC2)N1C(=O)c2ccccc2C1=O. The molecule has 1 aliphatic carbocycles. The first-order chi connectivity index (χ1) is 16.7. The van der Waals surface area contributed by atoms with E-state index in [0.29, 0.717) is 17.0 Å². The minimum Gasteiger partial charge on any atom is -0.454 e. The zero-order valence-electron chi connectivity index (χ0n) is 19.6. The van der Waals surface area contributed by atoms with Crippen molar-refractivity contribution in [2.75, 3.05) is 11.9 Å². The van der Waals surface area contributed by atoms with Gasteiger partial charge in [0.2, 0.25) is 0 Å². The Morgan fingerprint density at radius 2 is 1.74 bits per heavy atom. The Hall–Kier alpha value is -3.53. The van der Waals surface area contributed by atoms with E-state index in [9.17, 15) is 24.0 Å². The van der Waals surface area contributed by atoms with Crippen molar-refractivity contribution in [1.82, 2.24) is 4.90 Å². The van der Waals surface area contributed by atoms with E-state index in [4.69, 9.17) is 10.5 Å². The smallest absolute Gasteiger partial charge is 0.330 e. The van der Waals surface area contributed by atoms with Crippen molar-refractivity contribution < 1.29 is 28.7 Å². The minimum absolute atomic E-state index is 0.233. The zero-order valence-corrected chi connectivity index (χ0v) is 20.4. The third-order valence-electron chi connectivity index (χ3n) is 6.54. The number of ether oxygens (including phenoxy) is 1. The predicted molar refractivity (Wildman–Crippen MR) is 129 cm³/mol. The Kier molecular flexibility index (Phi) is 7.02. The molecule has 2 aliphatic rings. The number of anilines is 1. The number of carbonyl (C=O) groups excluding carboxylic acids is 5. The van der Waals surface area contributed by atoms with Crippen molar-refractivity contribution in [1.29, 1.82) is 0 Å². The van der Waals surface area contributed by atoms with Gasteiger partial charge in [-0.2, -0.15) is 0 Å². The summed E-state index contributed by atoms with van der Waals surface area (Å²) in [5.41, 5.74) is 7.22. The Morgan fingerprint density at radius 3 is 2.34 bits per heavy atom. The van der Waals surface area contributed by atoms with Gasteiger partial charge in [0.25, 0.3) is 23.6 Å². The molecule has 4 rings (SSSR count). The van der Waals surface area contributed by atoms with Crippen LogP contribution in [0, 0.1) is 5.92 Å². The van der Waals surface area contributed by atoms with Crippen molar-refractivity contribution >= 4 is 45.9 Å². The molecule has 2 atom stereocenters. The van der Waals surface area contributed by atoms with Crippen LogP contribution in [0.25, 0.3) is 0 Å². The van der Waals surface area contributed by atoms with E-state index in [1.165, 1.54) is 11.3 Å². The first-order valence-corrected chi connectivity index (χ1v) is 12.4. The van der Waals surface area contributed by atoms with Gasteiger partial charge in [-0.25, -0.2) is 4.79 Å². The van der Waals surface area contributed by atoms with Gasteiger partial charge in [0.15, 0.2) is 6.61 Å². The standard InChI is InChI=1S/C25H27N3O6S/c1-3-13(2)20(28-23(31)14-8-4-5-9-15(14)24(28)32)25(33)34-12-18(29)27-22-19(21(26)30)16-10-6-7-11-17(16)35-22/h4-5,8-9,13,20H,3,6-7,10-12H2,1-2H3,(H2,26,30)(H,27,29). The lowest BCUT2D eigenvalue weighted by Gasteiger charge is -2.28. The maximum atomic E-state index is 13.0. The van der Waals surface area contributed by atoms with Crippen molar-refractivity contribution in [3.63, 3.8) is 0 Å². The molecule has 2 aromatic rings. The Labute approximate surface area is 206 Å². The summed E-state index contributed by atoms with van der Waals surface area (Å²) >= 11 is 1.31. The summed E-state index contributed by atoms with van der Waals surface area (Å²) in [6.07, 6.45) is 4.01. The van der Waals surface area contributed by atoms with E-state index < -0.39 is 48.2 Å². The number of thiophene rings is 1. The lowest BCUT2D eigenvalue weighted by molar-refractivity contribution is -0.152. The molecule has 9 nitrogen and oxygen atoms in total. The summed E-state index contributed by atoms with van der Waals surface area (Å²) in [5.74, 6) is -3.60. The van der Waals surface area contributed by atoms with Gasteiger partial charge in [-0.1, -0.05) is 32.4 Å². The quantitative estimate of drug-likeness (QED) is 0.425. The molecule has 1 aliphatic heterocycles. The van der Waals surface area contributed by atoms with E-state index in [2.05, 4.69) is 5.32 Å². The molecule has 0 saturated heterocycles. The normalized spacial score (nSPS) is 16.3. The van der Waals surface area contributed by atoms with Gasteiger partial charge in [-0.05, 0) is 49.3 Å². The van der Waals surface area contributed by atoms with Crippen LogP contribution in [0.3, 0.4) is 0 Å². The van der Waals surface area contributed by atoms with Crippen LogP contribution < -0.4 is 11.1 Å². The van der Waals surface area contributed by atoms with E-state index >= 15 is 0 Å². The summed E-state index contributed by atoms with van der Waals surface area (Å²) in [6, 6.07) is 5.21. The number of esters is 1. The fourth-order valence-electron chi connectivity index (χ4n) is 4.58. The van der Waals surface area contributed by atoms with Crippen LogP contribution in [-0.4, -0.2) is 47.1 Å². The number of benzene rings is 1. The Balaban J connectivity index is 1.47. The largest absolute Gasteiger partial charge is 0.454 e. The lowest BCUT2D eigenvalue weighted by Crippen LogP contribution is -2.49. The highest BCUT2D eigenvalue weighted by atomic mass is 32.1. The summed E-state index contributed by atoms with van der Waals surface area (Å²) in [6.45, 7) is 2.94. The second kappa shape index (κ2) is 9.99. The van der Waals surface area contributed by atoms with Crippen LogP contribution >= 0.6 is 11.3 Å². The summed E-state index contributed by atoms with van der Waals surface area (Å²) in [7, 11) is 0. The van der Waals surface area contributed by atoms with Crippen LogP contribution in [0.4, 0.5) is 5.00 Å². The molecular weight excluding hydrogens is 470 g/mol. The first kappa shape index (κ1) is 24.6. The average Bonchev–Trinajstić information content (AvgIpc) is 3.33. The first-order valence-electron chi connectivity index (χ1n) is 11.6. The molecule has 2 heterocycles. The van der Waals surface area contributed by atoms with E-state index in [0.717, 1.165) is 41.0 Å². The number of nitrogens with two attached hydrogens (primary N) is 1. The number of nitrogens with zero attached hydrogens (tertiary/aromatic N) is 1. The summed E-state index contributed by atoms with van der Waals surface area (Å²) < 4.78 is 5.26. The lowest BCUT2D eigenvalue weighted by atomic mass is 9.95. The second-order valence-corrected chi connectivity index (χ2v) is 9.90. The van der Waals surface area contributed by atoms with Crippen LogP contribution in [0.15, 0.2) is 24.3 Å². The molecule has 2 unspecified atom stereocenters. The maximum absolute atomic E-state index is 13.0. The number of aryl methyl sites for hydroxylation is 1. The summed E-state index contributed by atoms with van der Waals surface area (Å²) in [5, 5.41) is 2.99. The van der Waals surface area contributed by atoms with Crippen LogP contribution in [0.1, 0.15) is 74.6 Å². The van der Waals surface area contributed by atoms with Gasteiger partial charge < -0.3 is 15.8 Å². The molecule has 3 N–H and O–H groups in total. The fourth-order valence-corrected chi connectivity index (χ4v) is 5.89. The number of amides is 4. The molecule has 0 fully saturated rings. The molecule has 0 saturated carbocycles. The number of hydrogen-bond donors (Lipinski definition) is 2. The van der Waals surface area contributed by atoms with E-state index in [1.54, 1.807) is 31.2 Å². The number of nitrogens with one attached hydrogen (secondary N) is 1. The average molecular weight is 498 g/mol. The monoisotopic (exact) mass is 497 g/mol. The molecule has 35 heavy (non-hydrogen) atoms. The molecular formula is C25H27N3O6S. The minimum atomic E-state index is -1.17. The third kappa shape index (κ3) is 4.58. The fraction of sp³-hybridized carbons (Fsp3) is 0.400. The van der Waals surface area contributed by atoms with Crippen LogP contribution in [0.2, 0.25) is 0 Å². The van der Waals surface area contributed by atoms with Gasteiger partial charge in [0.05, 0.1) is 16.7 Å². The molecule has 0 spiro atoms. The van der Waals surface area contributed by atoms with Crippen LogP contribution in [-0.2, 0) is 27.2 Å². The topological polar surface area (TPSA) is 136 Å². The Morgan fingerprint density at radius 1 is 1.11 bits per heavy atom. The highest BCUT2D eigenvalue weighted by Gasteiger charge is 2.45. The van der Waals surface area contributed by atoms with Crippen molar-refractivity contribution in [2.24, 2.45) is 11.7 Å². The van der Waals surface area contributed by atoms with E-state index in [1.807, 2.05) is 6.92 Å². The van der Waals surface area contributed by atoms with E-state index in [-0.39, 0.29) is 11.1 Å². The number of hydrogen-bond acceptors (Lipinski definition) is 7. The number of carbonyl (C=O) groups is 5. The second-order valence-electron chi connectivity index (χ2n) is 8.79. The molecule has 1 aromatic carbocycles. The molecule has 0 bridgehead atoms. The van der Waals surface area contributed by atoms with Crippen molar-refractivity contribution in [3.05, 3.63) is 51.4 Å². The van der Waals surface area contributed by atoms with Gasteiger partial charge >= 0.3 is 5.97 Å². The molecule has 0 radical (unpaired) electrons. The van der Waals surface area contributed by atoms with Crippen molar-refractivity contribution in [2.45, 2.75) is 52.0 Å². The molecule has 10 heteroatoms. The van der Waals surface area contributed by atoms with Gasteiger partial charge in [0.1, 0.15) is 11.0 Å². The molecule has 1 aromatic heterocycles.